The van der Waals surface area contributed by atoms with Crippen molar-refractivity contribution in [3.63, 3.8) is 0 Å². The minimum atomic E-state index is -4.56. The zero-order valence-corrected chi connectivity index (χ0v) is 15.6. The fraction of sp³-hybridized carbons (Fsp3) is 0.667. The van der Waals surface area contributed by atoms with Gasteiger partial charge in [-0.3, -0.25) is 4.79 Å². The van der Waals surface area contributed by atoms with Gasteiger partial charge >= 0.3 is 6.18 Å². The van der Waals surface area contributed by atoms with E-state index in [-0.39, 0.29) is 18.6 Å². The molecule has 1 N–H and O–H groups in total. The van der Waals surface area contributed by atoms with Crippen LogP contribution >= 0.6 is 0 Å². The van der Waals surface area contributed by atoms with Crippen LogP contribution in [0.15, 0.2) is 18.3 Å². The summed E-state index contributed by atoms with van der Waals surface area (Å²) in [5.41, 5.74) is -1.93. The molecule has 0 spiro atoms. The number of halogens is 3. The summed E-state index contributed by atoms with van der Waals surface area (Å²) in [6.45, 7) is 6.98. The van der Waals surface area contributed by atoms with Crippen LogP contribution in [0.2, 0.25) is 0 Å². The summed E-state index contributed by atoms with van der Waals surface area (Å²) in [6.07, 6.45) is -2.48. The first-order valence-electron chi connectivity index (χ1n) is 8.65. The molecule has 2 atom stereocenters. The van der Waals surface area contributed by atoms with Gasteiger partial charge in [0.1, 0.15) is 12.2 Å². The van der Waals surface area contributed by atoms with Crippen LogP contribution in [0, 0.1) is 11.3 Å². The van der Waals surface area contributed by atoms with Gasteiger partial charge in [0.25, 0.3) is 0 Å². The fourth-order valence-electron chi connectivity index (χ4n) is 2.97. The van der Waals surface area contributed by atoms with Crippen molar-refractivity contribution in [3.8, 4) is 5.88 Å². The standard InChI is InChI=1S/C18H26F3N3O2/c1-12-10-24(4)9-7-14(12)23-16(25)17(2,3)11-26-15-13(18(19,20)21)6-5-8-22-15/h5-6,8,12,14H,7,9-11H2,1-4H3,(H,23,25)/t12-,14+/m1/s1. The Bertz CT molecular complexity index is 634. The van der Waals surface area contributed by atoms with Gasteiger partial charge in [0.05, 0.1) is 5.41 Å². The van der Waals surface area contributed by atoms with Crippen LogP contribution in [0.1, 0.15) is 32.8 Å². The second-order valence-electron chi connectivity index (χ2n) is 7.63. The molecule has 146 valence electrons. The minimum Gasteiger partial charge on any atom is -0.476 e. The van der Waals surface area contributed by atoms with Crippen LogP contribution < -0.4 is 10.1 Å². The number of ether oxygens (including phenoxy) is 1. The van der Waals surface area contributed by atoms with Gasteiger partial charge in [-0.05, 0) is 51.9 Å². The smallest absolute Gasteiger partial charge is 0.421 e. The third-order valence-electron chi connectivity index (χ3n) is 4.69. The van der Waals surface area contributed by atoms with Crippen molar-refractivity contribution in [2.75, 3.05) is 26.7 Å². The number of pyridine rings is 1. The van der Waals surface area contributed by atoms with E-state index in [0.717, 1.165) is 25.6 Å². The number of hydrogen-bond acceptors (Lipinski definition) is 4. The number of carbonyl (C=O) groups excluding carboxylic acids is 1. The number of aromatic nitrogens is 1. The Morgan fingerprint density at radius 2 is 2.12 bits per heavy atom. The topological polar surface area (TPSA) is 54.5 Å². The highest BCUT2D eigenvalue weighted by molar-refractivity contribution is 5.82. The SMILES string of the molecule is C[C@@H]1CN(C)CC[C@@H]1NC(=O)C(C)(C)COc1ncccc1C(F)(F)F. The van der Waals surface area contributed by atoms with Gasteiger partial charge in [-0.15, -0.1) is 0 Å². The molecule has 0 unspecified atom stereocenters. The van der Waals surface area contributed by atoms with Crippen LogP contribution in [0.25, 0.3) is 0 Å². The highest BCUT2D eigenvalue weighted by atomic mass is 19.4. The van der Waals surface area contributed by atoms with E-state index in [9.17, 15) is 18.0 Å². The fourth-order valence-corrected chi connectivity index (χ4v) is 2.97. The number of amides is 1. The van der Waals surface area contributed by atoms with E-state index in [1.165, 1.54) is 12.3 Å². The molecule has 0 bridgehead atoms. The first-order valence-corrected chi connectivity index (χ1v) is 8.65. The molecule has 2 rings (SSSR count). The lowest BCUT2D eigenvalue weighted by Gasteiger charge is -2.37. The number of likely N-dealkylation sites (tertiary alicyclic amines) is 1. The number of nitrogens with one attached hydrogen (secondary N) is 1. The maximum Gasteiger partial charge on any atom is 0.421 e. The lowest BCUT2D eigenvalue weighted by Crippen LogP contribution is -2.52. The summed E-state index contributed by atoms with van der Waals surface area (Å²) < 4.78 is 44.3. The van der Waals surface area contributed by atoms with Gasteiger partial charge in [0.15, 0.2) is 0 Å². The van der Waals surface area contributed by atoms with E-state index in [1.54, 1.807) is 13.8 Å². The number of rotatable bonds is 5. The molecule has 1 saturated heterocycles. The Hall–Kier alpha value is -1.83. The number of alkyl halides is 3. The second kappa shape index (κ2) is 7.82. The van der Waals surface area contributed by atoms with E-state index < -0.39 is 23.0 Å². The third kappa shape index (κ3) is 5.09. The molecular formula is C18H26F3N3O2. The molecule has 1 aliphatic rings. The largest absolute Gasteiger partial charge is 0.476 e. The van der Waals surface area contributed by atoms with Gasteiger partial charge in [-0.25, -0.2) is 4.98 Å². The Morgan fingerprint density at radius 1 is 1.42 bits per heavy atom. The van der Waals surface area contributed by atoms with Crippen molar-refractivity contribution < 1.29 is 22.7 Å². The molecule has 0 saturated carbocycles. The molecule has 1 aromatic rings. The average Bonchev–Trinajstić information content (AvgIpc) is 2.55. The number of carbonyl (C=O) groups is 1. The summed E-state index contributed by atoms with van der Waals surface area (Å²) in [6, 6.07) is 2.17. The van der Waals surface area contributed by atoms with E-state index >= 15 is 0 Å². The van der Waals surface area contributed by atoms with Crippen molar-refractivity contribution in [1.82, 2.24) is 15.2 Å². The van der Waals surface area contributed by atoms with Crippen LogP contribution in [0.4, 0.5) is 13.2 Å². The van der Waals surface area contributed by atoms with Crippen LogP contribution in [0.3, 0.4) is 0 Å². The van der Waals surface area contributed by atoms with Crippen LogP contribution in [-0.2, 0) is 11.0 Å². The van der Waals surface area contributed by atoms with Crippen molar-refractivity contribution in [2.24, 2.45) is 11.3 Å². The lowest BCUT2D eigenvalue weighted by molar-refractivity contribution is -0.139. The highest BCUT2D eigenvalue weighted by Gasteiger charge is 2.37. The van der Waals surface area contributed by atoms with Crippen LogP contribution in [0.5, 0.6) is 5.88 Å². The molecular weight excluding hydrogens is 347 g/mol. The molecule has 0 aliphatic carbocycles. The van der Waals surface area contributed by atoms with E-state index in [2.05, 4.69) is 22.1 Å². The van der Waals surface area contributed by atoms with Crippen molar-refractivity contribution in [1.29, 1.82) is 0 Å². The minimum absolute atomic E-state index is 0.0542. The van der Waals surface area contributed by atoms with Gasteiger partial charge in [-0.1, -0.05) is 6.92 Å². The van der Waals surface area contributed by atoms with Gasteiger partial charge in [0, 0.05) is 18.8 Å². The lowest BCUT2D eigenvalue weighted by atomic mass is 9.89. The summed E-state index contributed by atoms with van der Waals surface area (Å²) in [5.74, 6) is -0.432. The molecule has 5 nitrogen and oxygen atoms in total. The van der Waals surface area contributed by atoms with Crippen molar-refractivity contribution in [3.05, 3.63) is 23.9 Å². The molecule has 2 heterocycles. The zero-order valence-electron chi connectivity index (χ0n) is 15.6. The number of hydrogen-bond donors (Lipinski definition) is 1. The van der Waals surface area contributed by atoms with Crippen molar-refractivity contribution in [2.45, 2.75) is 39.4 Å². The predicted molar refractivity (Wildman–Crippen MR) is 91.7 cm³/mol. The van der Waals surface area contributed by atoms with Gasteiger partial charge in [-0.2, -0.15) is 13.2 Å². The Balaban J connectivity index is 1.99. The highest BCUT2D eigenvalue weighted by Crippen LogP contribution is 2.35. The summed E-state index contributed by atoms with van der Waals surface area (Å²) in [4.78, 5) is 18.5. The third-order valence-corrected chi connectivity index (χ3v) is 4.69. The second-order valence-corrected chi connectivity index (χ2v) is 7.63. The maximum absolute atomic E-state index is 13.0. The first-order chi connectivity index (χ1) is 12.0. The number of piperidine rings is 1. The Morgan fingerprint density at radius 3 is 2.73 bits per heavy atom. The zero-order chi connectivity index (χ0) is 19.5. The average molecular weight is 373 g/mol. The molecule has 1 fully saturated rings. The van der Waals surface area contributed by atoms with Gasteiger partial charge < -0.3 is 15.0 Å². The monoisotopic (exact) mass is 373 g/mol. The Kier molecular flexibility index (Phi) is 6.16. The quantitative estimate of drug-likeness (QED) is 0.862. The predicted octanol–water partition coefficient (Wildman–Crippen LogP) is 2.96. The maximum atomic E-state index is 13.0. The Labute approximate surface area is 151 Å². The molecule has 0 aromatic carbocycles. The molecule has 1 aromatic heterocycles. The number of nitrogens with zero attached hydrogens (tertiary/aromatic N) is 2. The molecule has 26 heavy (non-hydrogen) atoms. The summed E-state index contributed by atoms with van der Waals surface area (Å²) in [5, 5.41) is 3.02. The molecule has 1 amide bonds. The molecule has 8 heteroatoms. The molecule has 1 aliphatic heterocycles. The normalized spacial score (nSPS) is 22.1. The van der Waals surface area contributed by atoms with Crippen LogP contribution in [-0.4, -0.2) is 48.6 Å². The van der Waals surface area contributed by atoms with Crippen molar-refractivity contribution >= 4 is 5.91 Å². The van der Waals surface area contributed by atoms with E-state index in [1.807, 2.05) is 7.05 Å². The first kappa shape index (κ1) is 20.5. The van der Waals surface area contributed by atoms with E-state index in [4.69, 9.17) is 4.74 Å². The van der Waals surface area contributed by atoms with E-state index in [0.29, 0.717) is 5.92 Å². The summed E-state index contributed by atoms with van der Waals surface area (Å²) in [7, 11) is 2.04. The summed E-state index contributed by atoms with van der Waals surface area (Å²) >= 11 is 0. The van der Waals surface area contributed by atoms with Gasteiger partial charge in [0.2, 0.25) is 11.8 Å². The molecule has 0 radical (unpaired) electrons.